The summed E-state index contributed by atoms with van der Waals surface area (Å²) in [5.41, 5.74) is 1.61. The van der Waals surface area contributed by atoms with E-state index in [1.54, 1.807) is 0 Å². The SMILES string of the molecule is C[C@H]1CCc2cc(F)ccc2N1S(=O)(=O)c1ccc(NC(=S)Nc2ccc(F)cc2F)cc1. The Morgan fingerprint density at radius 2 is 1.64 bits per heavy atom. The molecule has 5 nitrogen and oxygen atoms in total. The molecule has 0 aromatic heterocycles. The zero-order valence-electron chi connectivity index (χ0n) is 17.5. The molecule has 1 atom stereocenters. The number of aryl methyl sites for hydroxylation is 1. The van der Waals surface area contributed by atoms with Gasteiger partial charge >= 0.3 is 0 Å². The van der Waals surface area contributed by atoms with E-state index >= 15 is 0 Å². The van der Waals surface area contributed by atoms with Gasteiger partial charge in [-0.1, -0.05) is 0 Å². The molecule has 2 N–H and O–H groups in total. The lowest BCUT2D eigenvalue weighted by Crippen LogP contribution is -2.42. The summed E-state index contributed by atoms with van der Waals surface area (Å²) >= 11 is 5.15. The van der Waals surface area contributed by atoms with Crippen molar-refractivity contribution in [1.29, 1.82) is 0 Å². The molecule has 0 aliphatic carbocycles. The number of nitrogens with one attached hydrogen (secondary N) is 2. The Bertz CT molecular complexity index is 1320. The summed E-state index contributed by atoms with van der Waals surface area (Å²) in [5, 5.41) is 5.51. The molecule has 3 aromatic rings. The Labute approximate surface area is 195 Å². The van der Waals surface area contributed by atoms with Gasteiger partial charge in [-0.3, -0.25) is 4.31 Å². The van der Waals surface area contributed by atoms with Crippen LogP contribution in [0.25, 0.3) is 0 Å². The van der Waals surface area contributed by atoms with E-state index in [-0.39, 0.29) is 21.7 Å². The van der Waals surface area contributed by atoms with Gasteiger partial charge in [-0.15, -0.1) is 0 Å². The molecule has 0 saturated heterocycles. The summed E-state index contributed by atoms with van der Waals surface area (Å²) in [6.45, 7) is 1.82. The second kappa shape index (κ2) is 9.03. The first-order valence-corrected chi connectivity index (χ1v) is 12.0. The zero-order chi connectivity index (χ0) is 23.8. The molecule has 0 bridgehead atoms. The number of thiocarbonyl (C=S) groups is 1. The first-order valence-electron chi connectivity index (χ1n) is 10.1. The normalized spacial score (nSPS) is 15.6. The fraction of sp³-hybridized carbons (Fsp3) is 0.174. The van der Waals surface area contributed by atoms with Gasteiger partial charge in [0.15, 0.2) is 5.11 Å². The van der Waals surface area contributed by atoms with Crippen molar-refractivity contribution < 1.29 is 21.6 Å². The Hall–Kier alpha value is -3.11. The fourth-order valence-corrected chi connectivity index (χ4v) is 5.71. The highest BCUT2D eigenvalue weighted by Gasteiger charge is 2.34. The molecule has 0 amide bonds. The van der Waals surface area contributed by atoms with E-state index < -0.39 is 27.5 Å². The lowest BCUT2D eigenvalue weighted by molar-refractivity contribution is 0.560. The molecule has 33 heavy (non-hydrogen) atoms. The van der Waals surface area contributed by atoms with Crippen molar-refractivity contribution in [2.24, 2.45) is 0 Å². The Kier molecular flexibility index (Phi) is 6.31. The van der Waals surface area contributed by atoms with Crippen molar-refractivity contribution in [3.8, 4) is 0 Å². The summed E-state index contributed by atoms with van der Waals surface area (Å²) in [7, 11) is -3.89. The van der Waals surface area contributed by atoms with Crippen molar-refractivity contribution >= 4 is 44.4 Å². The van der Waals surface area contributed by atoms with Crippen LogP contribution >= 0.6 is 12.2 Å². The van der Waals surface area contributed by atoms with Gasteiger partial charge in [-0.2, -0.15) is 0 Å². The van der Waals surface area contributed by atoms with Crippen LogP contribution in [0.4, 0.5) is 30.2 Å². The average molecular weight is 492 g/mol. The minimum Gasteiger partial charge on any atom is -0.332 e. The average Bonchev–Trinajstić information content (AvgIpc) is 2.76. The predicted octanol–water partition coefficient (Wildman–Crippen LogP) is 5.44. The van der Waals surface area contributed by atoms with Crippen molar-refractivity contribution in [2.75, 3.05) is 14.9 Å². The van der Waals surface area contributed by atoms with E-state index in [0.717, 1.165) is 12.1 Å². The minimum atomic E-state index is -3.89. The van der Waals surface area contributed by atoms with E-state index in [9.17, 15) is 21.6 Å². The highest BCUT2D eigenvalue weighted by Crippen LogP contribution is 2.36. The van der Waals surface area contributed by atoms with Crippen LogP contribution in [0.5, 0.6) is 0 Å². The molecule has 4 rings (SSSR count). The molecule has 10 heteroatoms. The molecule has 0 radical (unpaired) electrons. The second-order valence-electron chi connectivity index (χ2n) is 7.69. The van der Waals surface area contributed by atoms with Gasteiger partial charge in [0.2, 0.25) is 0 Å². The number of hydrogen-bond donors (Lipinski definition) is 2. The molecule has 172 valence electrons. The molecular formula is C23H20F3N3O2S2. The predicted molar refractivity (Wildman–Crippen MR) is 126 cm³/mol. The standard InChI is InChI=1S/C23H20F3N3O2S2/c1-14-2-3-15-12-16(24)5-11-22(15)29(14)33(30,31)19-8-6-18(7-9-19)27-23(32)28-21-10-4-17(25)13-20(21)26/h4-14H,2-3H2,1H3,(H2,27,28,32)/t14-/m0/s1. The smallest absolute Gasteiger partial charge is 0.264 e. The van der Waals surface area contributed by atoms with Gasteiger partial charge in [0.25, 0.3) is 10.0 Å². The van der Waals surface area contributed by atoms with Crippen molar-refractivity contribution in [3.05, 3.63) is 83.7 Å². The van der Waals surface area contributed by atoms with E-state index in [1.807, 2.05) is 6.92 Å². The fourth-order valence-electron chi connectivity index (χ4n) is 3.75. The number of nitrogens with zero attached hydrogens (tertiary/aromatic N) is 1. The molecule has 0 fully saturated rings. The van der Waals surface area contributed by atoms with Crippen LogP contribution in [-0.4, -0.2) is 19.6 Å². The Morgan fingerprint density at radius 3 is 2.33 bits per heavy atom. The number of hydrogen-bond acceptors (Lipinski definition) is 3. The maximum absolute atomic E-state index is 13.8. The Balaban J connectivity index is 1.52. The molecule has 1 heterocycles. The number of anilines is 3. The summed E-state index contributed by atoms with van der Waals surface area (Å²) in [5.74, 6) is -1.90. The minimum absolute atomic E-state index is 0.00212. The summed E-state index contributed by atoms with van der Waals surface area (Å²) < 4.78 is 68.6. The largest absolute Gasteiger partial charge is 0.332 e. The molecular weight excluding hydrogens is 471 g/mol. The third-order valence-corrected chi connectivity index (χ3v) is 7.51. The van der Waals surface area contributed by atoms with Gasteiger partial charge in [0.05, 0.1) is 16.3 Å². The van der Waals surface area contributed by atoms with Crippen molar-refractivity contribution in [2.45, 2.75) is 30.7 Å². The van der Waals surface area contributed by atoms with E-state index in [0.29, 0.717) is 29.8 Å². The summed E-state index contributed by atoms with van der Waals surface area (Å²) in [6, 6.07) is 12.8. The molecule has 1 aliphatic rings. The number of fused-ring (bicyclic) bond motifs is 1. The molecule has 0 saturated carbocycles. The van der Waals surface area contributed by atoms with Crippen LogP contribution in [-0.2, 0) is 16.4 Å². The van der Waals surface area contributed by atoms with Crippen LogP contribution in [0.2, 0.25) is 0 Å². The highest BCUT2D eigenvalue weighted by atomic mass is 32.2. The summed E-state index contributed by atoms with van der Waals surface area (Å²) in [6.07, 6.45) is 1.18. The number of halogens is 3. The summed E-state index contributed by atoms with van der Waals surface area (Å²) in [4.78, 5) is 0.0699. The quantitative estimate of drug-likeness (QED) is 0.476. The van der Waals surface area contributed by atoms with Gasteiger partial charge in [-0.05, 0) is 92.1 Å². The van der Waals surface area contributed by atoms with Crippen molar-refractivity contribution in [1.82, 2.24) is 0 Å². The molecule has 0 unspecified atom stereocenters. The van der Waals surface area contributed by atoms with E-state index in [1.165, 1.54) is 52.8 Å². The van der Waals surface area contributed by atoms with E-state index in [4.69, 9.17) is 12.2 Å². The monoisotopic (exact) mass is 491 g/mol. The number of rotatable bonds is 4. The maximum Gasteiger partial charge on any atom is 0.264 e. The first-order chi connectivity index (χ1) is 15.6. The highest BCUT2D eigenvalue weighted by molar-refractivity contribution is 7.92. The van der Waals surface area contributed by atoms with Crippen LogP contribution < -0.4 is 14.9 Å². The van der Waals surface area contributed by atoms with Crippen LogP contribution in [0.3, 0.4) is 0 Å². The van der Waals surface area contributed by atoms with Crippen LogP contribution in [0, 0.1) is 17.5 Å². The van der Waals surface area contributed by atoms with Crippen molar-refractivity contribution in [3.63, 3.8) is 0 Å². The van der Waals surface area contributed by atoms with E-state index in [2.05, 4.69) is 10.6 Å². The zero-order valence-corrected chi connectivity index (χ0v) is 19.1. The molecule has 1 aliphatic heterocycles. The maximum atomic E-state index is 13.8. The van der Waals surface area contributed by atoms with Gasteiger partial charge < -0.3 is 10.6 Å². The second-order valence-corrected chi connectivity index (χ2v) is 9.91. The Morgan fingerprint density at radius 1 is 0.970 bits per heavy atom. The number of benzene rings is 3. The lowest BCUT2D eigenvalue weighted by atomic mass is 9.99. The third kappa shape index (κ3) is 4.81. The van der Waals surface area contributed by atoms with Gasteiger partial charge in [0, 0.05) is 17.8 Å². The lowest BCUT2D eigenvalue weighted by Gasteiger charge is -2.36. The van der Waals surface area contributed by atoms with Crippen LogP contribution in [0.1, 0.15) is 18.9 Å². The van der Waals surface area contributed by atoms with Crippen LogP contribution in [0.15, 0.2) is 65.6 Å². The molecule has 3 aromatic carbocycles. The first kappa shape index (κ1) is 23.1. The third-order valence-electron chi connectivity index (χ3n) is 5.36. The van der Waals surface area contributed by atoms with Gasteiger partial charge in [0.1, 0.15) is 17.5 Å². The molecule has 0 spiro atoms. The topological polar surface area (TPSA) is 61.4 Å². The van der Waals surface area contributed by atoms with Gasteiger partial charge in [-0.25, -0.2) is 21.6 Å². The number of sulfonamides is 1.